The van der Waals surface area contributed by atoms with E-state index in [0.29, 0.717) is 30.7 Å². The lowest BCUT2D eigenvalue weighted by molar-refractivity contribution is 0.0523. The van der Waals surface area contributed by atoms with Gasteiger partial charge in [-0.1, -0.05) is 24.9 Å². The van der Waals surface area contributed by atoms with Gasteiger partial charge >= 0.3 is 0 Å². The van der Waals surface area contributed by atoms with Gasteiger partial charge in [0.25, 0.3) is 0 Å². The van der Waals surface area contributed by atoms with E-state index in [4.69, 9.17) is 26.1 Å². The SMILES string of the molecule is CCCC(CCO)CNC(=NCC1(c2cc(Cl)ccc2OC)CCOCC1)NCC.I. The number of rotatable bonds is 11. The maximum Gasteiger partial charge on any atom is 0.191 e. The topological polar surface area (TPSA) is 75.1 Å². The van der Waals surface area contributed by atoms with Gasteiger partial charge in [0.15, 0.2) is 5.96 Å². The van der Waals surface area contributed by atoms with E-state index in [1.807, 2.05) is 18.2 Å². The molecule has 6 nitrogen and oxygen atoms in total. The number of methoxy groups -OCH3 is 1. The molecular formula is C23H39ClIN3O3. The van der Waals surface area contributed by atoms with Crippen molar-refractivity contribution in [2.24, 2.45) is 10.9 Å². The Hall–Kier alpha value is -0.770. The highest BCUT2D eigenvalue weighted by atomic mass is 127. The largest absolute Gasteiger partial charge is 0.496 e. The summed E-state index contributed by atoms with van der Waals surface area (Å²) >= 11 is 6.34. The molecular weight excluding hydrogens is 529 g/mol. The van der Waals surface area contributed by atoms with E-state index in [0.717, 1.165) is 62.5 Å². The Balaban J connectivity index is 0.00000480. The molecule has 1 atom stereocenters. The quantitative estimate of drug-likeness (QED) is 0.210. The number of aliphatic hydroxyl groups is 1. The zero-order chi connectivity index (χ0) is 21.8. The van der Waals surface area contributed by atoms with Crippen LogP contribution >= 0.6 is 35.6 Å². The number of benzene rings is 1. The molecule has 8 heteroatoms. The second-order valence-electron chi connectivity index (χ2n) is 7.98. The van der Waals surface area contributed by atoms with Gasteiger partial charge in [0.1, 0.15) is 5.75 Å². The maximum atomic E-state index is 9.33. The first-order valence-electron chi connectivity index (χ1n) is 11.1. The predicted molar refractivity (Wildman–Crippen MR) is 139 cm³/mol. The lowest BCUT2D eigenvalue weighted by Gasteiger charge is -2.37. The number of ether oxygens (including phenoxy) is 2. The van der Waals surface area contributed by atoms with Crippen LogP contribution in [0, 0.1) is 5.92 Å². The number of guanidine groups is 1. The normalized spacial score (nSPS) is 16.9. The van der Waals surface area contributed by atoms with Gasteiger partial charge in [-0.2, -0.15) is 0 Å². The summed E-state index contributed by atoms with van der Waals surface area (Å²) in [5.74, 6) is 2.10. The molecule has 0 amide bonds. The number of hydrogen-bond donors (Lipinski definition) is 3. The molecule has 1 saturated heterocycles. The second-order valence-corrected chi connectivity index (χ2v) is 8.42. The van der Waals surface area contributed by atoms with Crippen LogP contribution in [-0.4, -0.2) is 57.6 Å². The van der Waals surface area contributed by atoms with Crippen molar-refractivity contribution in [3.05, 3.63) is 28.8 Å². The number of halogens is 2. The average molecular weight is 568 g/mol. The highest BCUT2D eigenvalue weighted by Crippen LogP contribution is 2.41. The minimum absolute atomic E-state index is 0. The van der Waals surface area contributed by atoms with Gasteiger partial charge in [-0.25, -0.2) is 0 Å². The fraction of sp³-hybridized carbons (Fsp3) is 0.696. The summed E-state index contributed by atoms with van der Waals surface area (Å²) in [5, 5.41) is 16.9. The maximum absolute atomic E-state index is 9.33. The molecule has 31 heavy (non-hydrogen) atoms. The molecule has 1 fully saturated rings. The first kappa shape index (κ1) is 28.3. The van der Waals surface area contributed by atoms with Crippen LogP contribution in [0.5, 0.6) is 5.75 Å². The van der Waals surface area contributed by atoms with Crippen molar-refractivity contribution in [1.82, 2.24) is 10.6 Å². The molecule has 0 saturated carbocycles. The summed E-state index contributed by atoms with van der Waals surface area (Å²) in [6.45, 7) is 8.08. The zero-order valence-electron chi connectivity index (χ0n) is 19.1. The Morgan fingerprint density at radius 3 is 2.61 bits per heavy atom. The summed E-state index contributed by atoms with van der Waals surface area (Å²) in [6, 6.07) is 5.81. The molecule has 0 spiro atoms. The van der Waals surface area contributed by atoms with E-state index in [1.165, 1.54) is 0 Å². The molecule has 0 aliphatic carbocycles. The van der Waals surface area contributed by atoms with Crippen LogP contribution in [0.3, 0.4) is 0 Å². The fourth-order valence-electron chi connectivity index (χ4n) is 4.12. The Kier molecular flexibility index (Phi) is 13.8. The molecule has 1 heterocycles. The molecule has 1 unspecified atom stereocenters. The van der Waals surface area contributed by atoms with Gasteiger partial charge in [-0.15, -0.1) is 24.0 Å². The van der Waals surface area contributed by atoms with Gasteiger partial charge in [-0.05, 0) is 56.7 Å². The Labute approximate surface area is 209 Å². The van der Waals surface area contributed by atoms with E-state index in [1.54, 1.807) is 7.11 Å². The molecule has 0 bridgehead atoms. The van der Waals surface area contributed by atoms with Crippen LogP contribution in [0.15, 0.2) is 23.2 Å². The van der Waals surface area contributed by atoms with Crippen LogP contribution in [0.25, 0.3) is 0 Å². The molecule has 1 aromatic carbocycles. The summed E-state index contributed by atoms with van der Waals surface area (Å²) in [7, 11) is 1.70. The van der Waals surface area contributed by atoms with Crippen molar-refractivity contribution in [3.63, 3.8) is 0 Å². The van der Waals surface area contributed by atoms with Gasteiger partial charge in [0.2, 0.25) is 0 Å². The van der Waals surface area contributed by atoms with E-state index in [2.05, 4.69) is 24.5 Å². The molecule has 1 aliphatic heterocycles. The van der Waals surface area contributed by atoms with Crippen LogP contribution in [0.4, 0.5) is 0 Å². The van der Waals surface area contributed by atoms with Gasteiger partial charge in [0.05, 0.1) is 13.7 Å². The lowest BCUT2D eigenvalue weighted by atomic mass is 9.73. The second kappa shape index (κ2) is 15.1. The van der Waals surface area contributed by atoms with Crippen molar-refractivity contribution in [2.75, 3.05) is 46.6 Å². The first-order valence-corrected chi connectivity index (χ1v) is 11.5. The average Bonchev–Trinajstić information content (AvgIpc) is 2.76. The van der Waals surface area contributed by atoms with Crippen LogP contribution in [0.1, 0.15) is 51.5 Å². The van der Waals surface area contributed by atoms with Crippen LogP contribution in [0.2, 0.25) is 5.02 Å². The van der Waals surface area contributed by atoms with Crippen molar-refractivity contribution >= 4 is 41.5 Å². The molecule has 2 rings (SSSR count). The summed E-state index contributed by atoms with van der Waals surface area (Å²) < 4.78 is 11.3. The number of aliphatic imine (C=N–C) groups is 1. The van der Waals surface area contributed by atoms with Crippen molar-refractivity contribution < 1.29 is 14.6 Å². The van der Waals surface area contributed by atoms with E-state index >= 15 is 0 Å². The Morgan fingerprint density at radius 2 is 2.00 bits per heavy atom. The third-order valence-corrected chi connectivity index (χ3v) is 6.09. The molecule has 0 aromatic heterocycles. The molecule has 3 N–H and O–H groups in total. The van der Waals surface area contributed by atoms with Gasteiger partial charge in [0, 0.05) is 48.9 Å². The first-order chi connectivity index (χ1) is 14.6. The number of hydrogen-bond acceptors (Lipinski definition) is 4. The van der Waals surface area contributed by atoms with E-state index < -0.39 is 0 Å². The number of aliphatic hydroxyl groups excluding tert-OH is 1. The molecule has 1 aromatic rings. The van der Waals surface area contributed by atoms with Crippen LogP contribution in [-0.2, 0) is 10.2 Å². The van der Waals surface area contributed by atoms with Gasteiger partial charge < -0.3 is 25.2 Å². The van der Waals surface area contributed by atoms with Crippen molar-refractivity contribution in [1.29, 1.82) is 0 Å². The van der Waals surface area contributed by atoms with Gasteiger partial charge in [-0.3, -0.25) is 4.99 Å². The molecule has 0 radical (unpaired) electrons. The lowest BCUT2D eigenvalue weighted by Crippen LogP contribution is -2.42. The zero-order valence-corrected chi connectivity index (χ0v) is 22.2. The van der Waals surface area contributed by atoms with Crippen molar-refractivity contribution in [2.45, 2.75) is 51.4 Å². The third kappa shape index (κ3) is 8.59. The standard InChI is InChI=1S/C23H38ClN3O3.HI/c1-4-6-18(9-12-28)16-26-22(25-5-2)27-17-23(10-13-30-14-11-23)20-15-19(24)7-8-21(20)29-3;/h7-8,15,18,28H,4-6,9-14,16-17H2,1-3H3,(H2,25,26,27);1H. The van der Waals surface area contributed by atoms with E-state index in [9.17, 15) is 5.11 Å². The minimum Gasteiger partial charge on any atom is -0.496 e. The highest BCUT2D eigenvalue weighted by Gasteiger charge is 2.37. The van der Waals surface area contributed by atoms with Crippen molar-refractivity contribution in [3.8, 4) is 5.75 Å². The highest BCUT2D eigenvalue weighted by molar-refractivity contribution is 14.0. The predicted octanol–water partition coefficient (Wildman–Crippen LogP) is 4.37. The third-order valence-electron chi connectivity index (χ3n) is 5.86. The van der Waals surface area contributed by atoms with E-state index in [-0.39, 0.29) is 36.0 Å². The smallest absolute Gasteiger partial charge is 0.191 e. The number of nitrogens with one attached hydrogen (secondary N) is 2. The molecule has 1 aliphatic rings. The summed E-state index contributed by atoms with van der Waals surface area (Å²) in [4.78, 5) is 4.96. The minimum atomic E-state index is -0.176. The Morgan fingerprint density at radius 1 is 1.26 bits per heavy atom. The fourth-order valence-corrected chi connectivity index (χ4v) is 4.29. The summed E-state index contributed by atoms with van der Waals surface area (Å²) in [5.41, 5.74) is 0.926. The van der Waals surface area contributed by atoms with Crippen LogP contribution < -0.4 is 15.4 Å². The Bertz CT molecular complexity index is 663. The monoisotopic (exact) mass is 567 g/mol. The number of nitrogens with zero attached hydrogens (tertiary/aromatic N) is 1. The molecule has 178 valence electrons. The summed E-state index contributed by atoms with van der Waals surface area (Å²) in [6.07, 6.45) is 4.75.